The summed E-state index contributed by atoms with van der Waals surface area (Å²) in [6.07, 6.45) is 0. The molecule has 0 radical (unpaired) electrons. The fraction of sp³-hybridized carbons (Fsp3) is 0.435. The second-order valence-electron chi connectivity index (χ2n) is 7.19. The Labute approximate surface area is 178 Å². The number of aryl methyl sites for hydroxylation is 2. The maximum Gasteiger partial charge on any atom is 0.232 e. The molecule has 1 heterocycles. The van der Waals surface area contributed by atoms with E-state index in [4.69, 9.17) is 9.47 Å². The third-order valence-corrected chi connectivity index (χ3v) is 6.08. The lowest BCUT2D eigenvalue weighted by molar-refractivity contribution is -0.128. The quantitative estimate of drug-likeness (QED) is 0.615. The predicted molar refractivity (Wildman–Crippen MR) is 121 cm³/mol. The number of ether oxygens (including phenoxy) is 2. The van der Waals surface area contributed by atoms with E-state index in [1.165, 1.54) is 5.69 Å². The maximum atomic E-state index is 12.5. The molecule has 6 heteroatoms. The van der Waals surface area contributed by atoms with Crippen molar-refractivity contribution in [2.75, 3.05) is 56.3 Å². The molecule has 1 saturated heterocycles. The summed E-state index contributed by atoms with van der Waals surface area (Å²) in [7, 11) is 1.67. The predicted octanol–water partition coefficient (Wildman–Crippen LogP) is 3.77. The number of para-hydroxylation sites is 1. The molecule has 156 valence electrons. The van der Waals surface area contributed by atoms with Crippen molar-refractivity contribution in [3.63, 3.8) is 0 Å². The summed E-state index contributed by atoms with van der Waals surface area (Å²) in [5.41, 5.74) is 3.48. The number of hydrogen-bond donors (Lipinski definition) is 0. The molecule has 1 aliphatic heterocycles. The lowest BCUT2D eigenvalue weighted by Gasteiger charge is -2.36. The molecular formula is C23H30N2O3S. The Morgan fingerprint density at radius 1 is 1.00 bits per heavy atom. The van der Waals surface area contributed by atoms with Crippen molar-refractivity contribution in [3.8, 4) is 11.5 Å². The van der Waals surface area contributed by atoms with Crippen LogP contribution in [0, 0.1) is 13.8 Å². The van der Waals surface area contributed by atoms with E-state index in [0.717, 1.165) is 54.6 Å². The lowest BCUT2D eigenvalue weighted by atomic mass is 10.1. The van der Waals surface area contributed by atoms with Crippen molar-refractivity contribution in [2.24, 2.45) is 0 Å². The number of hydrogen-bond acceptors (Lipinski definition) is 5. The van der Waals surface area contributed by atoms with Crippen molar-refractivity contribution in [3.05, 3.63) is 53.6 Å². The van der Waals surface area contributed by atoms with Gasteiger partial charge in [0.05, 0.1) is 19.5 Å². The summed E-state index contributed by atoms with van der Waals surface area (Å²) < 4.78 is 11.1. The highest BCUT2D eigenvalue weighted by molar-refractivity contribution is 7.99. The van der Waals surface area contributed by atoms with Crippen LogP contribution in [0.15, 0.2) is 42.5 Å². The number of nitrogens with zero attached hydrogens (tertiary/aromatic N) is 2. The number of carbonyl (C=O) groups excluding carboxylic acids is 1. The lowest BCUT2D eigenvalue weighted by Crippen LogP contribution is -2.49. The molecule has 1 fully saturated rings. The molecule has 0 aromatic heterocycles. The van der Waals surface area contributed by atoms with E-state index in [0.29, 0.717) is 12.4 Å². The fourth-order valence-corrected chi connectivity index (χ4v) is 4.19. The van der Waals surface area contributed by atoms with Crippen LogP contribution in [0.5, 0.6) is 11.5 Å². The molecule has 0 aliphatic carbocycles. The van der Waals surface area contributed by atoms with Gasteiger partial charge < -0.3 is 19.3 Å². The molecule has 0 spiro atoms. The van der Waals surface area contributed by atoms with E-state index in [9.17, 15) is 4.79 Å². The number of anilines is 1. The van der Waals surface area contributed by atoms with Crippen LogP contribution < -0.4 is 14.4 Å². The molecule has 0 atom stereocenters. The van der Waals surface area contributed by atoms with E-state index in [2.05, 4.69) is 43.0 Å². The van der Waals surface area contributed by atoms with Crippen LogP contribution >= 0.6 is 11.8 Å². The van der Waals surface area contributed by atoms with Crippen molar-refractivity contribution >= 4 is 23.4 Å². The van der Waals surface area contributed by atoms with Crippen LogP contribution in [0.25, 0.3) is 0 Å². The number of rotatable bonds is 8. The fourth-order valence-electron chi connectivity index (χ4n) is 3.49. The topological polar surface area (TPSA) is 42.0 Å². The molecule has 1 aliphatic rings. The molecule has 2 aromatic rings. The largest absolute Gasteiger partial charge is 0.497 e. The molecule has 0 N–H and O–H groups in total. The second-order valence-corrected chi connectivity index (χ2v) is 8.29. The zero-order chi connectivity index (χ0) is 20.6. The van der Waals surface area contributed by atoms with Gasteiger partial charge in [-0.05, 0) is 49.2 Å². The van der Waals surface area contributed by atoms with Gasteiger partial charge in [-0.2, -0.15) is 0 Å². The van der Waals surface area contributed by atoms with E-state index in [1.54, 1.807) is 18.9 Å². The Bertz CT molecular complexity index is 782. The van der Waals surface area contributed by atoms with Gasteiger partial charge in [-0.25, -0.2) is 0 Å². The van der Waals surface area contributed by atoms with Crippen LogP contribution in [-0.4, -0.2) is 62.2 Å². The Hall–Kier alpha value is -2.34. The Kier molecular flexibility index (Phi) is 7.69. The molecule has 2 aromatic carbocycles. The summed E-state index contributed by atoms with van der Waals surface area (Å²) >= 11 is 1.64. The average molecular weight is 415 g/mol. The van der Waals surface area contributed by atoms with Gasteiger partial charge >= 0.3 is 0 Å². The summed E-state index contributed by atoms with van der Waals surface area (Å²) in [5.74, 6) is 3.37. The Morgan fingerprint density at radius 2 is 1.66 bits per heavy atom. The molecule has 1 amide bonds. The number of amides is 1. The zero-order valence-corrected chi connectivity index (χ0v) is 18.3. The van der Waals surface area contributed by atoms with Crippen molar-refractivity contribution in [1.29, 1.82) is 0 Å². The highest BCUT2D eigenvalue weighted by atomic mass is 32.2. The minimum Gasteiger partial charge on any atom is -0.497 e. The third-order valence-electron chi connectivity index (χ3n) is 5.18. The summed E-state index contributed by atoms with van der Waals surface area (Å²) in [6.45, 7) is 8.00. The van der Waals surface area contributed by atoms with Crippen molar-refractivity contribution in [1.82, 2.24) is 4.90 Å². The first-order valence-electron chi connectivity index (χ1n) is 10.0. The van der Waals surface area contributed by atoms with Gasteiger partial charge in [0.2, 0.25) is 5.91 Å². The Balaban J connectivity index is 1.35. The van der Waals surface area contributed by atoms with Gasteiger partial charge in [0, 0.05) is 37.6 Å². The van der Waals surface area contributed by atoms with E-state index in [-0.39, 0.29) is 5.91 Å². The highest BCUT2D eigenvalue weighted by Crippen LogP contribution is 2.23. The molecule has 5 nitrogen and oxygen atoms in total. The standard InChI is InChI=1S/C23H30N2O3S/c1-18-5-4-6-19(2)23(18)28-15-16-29-17-22(26)25-13-11-24(12-14-25)20-7-9-21(27-3)10-8-20/h4-10H,11-17H2,1-3H3. The number of piperazine rings is 1. The van der Waals surface area contributed by atoms with Crippen LogP contribution in [0.1, 0.15) is 11.1 Å². The monoisotopic (exact) mass is 414 g/mol. The van der Waals surface area contributed by atoms with Gasteiger partial charge in [0.25, 0.3) is 0 Å². The van der Waals surface area contributed by atoms with Crippen LogP contribution in [-0.2, 0) is 4.79 Å². The van der Waals surface area contributed by atoms with Crippen LogP contribution in [0.4, 0.5) is 5.69 Å². The molecule has 29 heavy (non-hydrogen) atoms. The number of benzene rings is 2. The van der Waals surface area contributed by atoms with Gasteiger partial charge in [-0.1, -0.05) is 18.2 Å². The first-order chi connectivity index (χ1) is 14.1. The first kappa shape index (κ1) is 21.4. The Morgan fingerprint density at radius 3 is 2.28 bits per heavy atom. The van der Waals surface area contributed by atoms with Gasteiger partial charge in [0.15, 0.2) is 0 Å². The number of thioether (sulfide) groups is 1. The summed E-state index contributed by atoms with van der Waals surface area (Å²) in [6, 6.07) is 14.3. The van der Waals surface area contributed by atoms with E-state index >= 15 is 0 Å². The molecule has 0 bridgehead atoms. The van der Waals surface area contributed by atoms with Crippen LogP contribution in [0.3, 0.4) is 0 Å². The zero-order valence-electron chi connectivity index (χ0n) is 17.5. The summed E-state index contributed by atoms with van der Waals surface area (Å²) in [4.78, 5) is 16.8. The molecule has 3 rings (SSSR count). The summed E-state index contributed by atoms with van der Waals surface area (Å²) in [5, 5.41) is 0. The van der Waals surface area contributed by atoms with Gasteiger partial charge in [0.1, 0.15) is 11.5 Å². The molecule has 0 unspecified atom stereocenters. The van der Waals surface area contributed by atoms with E-state index in [1.807, 2.05) is 23.1 Å². The van der Waals surface area contributed by atoms with Crippen LogP contribution in [0.2, 0.25) is 0 Å². The highest BCUT2D eigenvalue weighted by Gasteiger charge is 2.21. The van der Waals surface area contributed by atoms with E-state index < -0.39 is 0 Å². The minimum absolute atomic E-state index is 0.219. The van der Waals surface area contributed by atoms with Crippen molar-refractivity contribution < 1.29 is 14.3 Å². The first-order valence-corrected chi connectivity index (χ1v) is 11.2. The smallest absolute Gasteiger partial charge is 0.232 e. The molecular weight excluding hydrogens is 384 g/mol. The van der Waals surface area contributed by atoms with Gasteiger partial charge in [-0.15, -0.1) is 11.8 Å². The van der Waals surface area contributed by atoms with Gasteiger partial charge in [-0.3, -0.25) is 4.79 Å². The average Bonchev–Trinajstić information content (AvgIpc) is 2.75. The van der Waals surface area contributed by atoms with Crippen molar-refractivity contribution in [2.45, 2.75) is 13.8 Å². The molecule has 0 saturated carbocycles. The minimum atomic E-state index is 0.219. The third kappa shape index (κ3) is 5.82. The second kappa shape index (κ2) is 10.4. The number of carbonyl (C=O) groups is 1. The maximum absolute atomic E-state index is 12.5. The number of methoxy groups -OCH3 is 1. The normalized spacial score (nSPS) is 14.0. The SMILES string of the molecule is COc1ccc(N2CCN(C(=O)CSCCOc3c(C)cccc3C)CC2)cc1.